The molecule has 0 N–H and O–H groups in total. The molecule has 0 spiro atoms. The zero-order valence-electron chi connectivity index (χ0n) is 10.6. The predicted molar refractivity (Wildman–Crippen MR) is 66.5 cm³/mol. The normalized spacial score (nSPS) is 13.8. The van der Waals surface area contributed by atoms with Gasteiger partial charge in [-0.25, -0.2) is 0 Å². The van der Waals surface area contributed by atoms with Crippen molar-refractivity contribution in [1.29, 1.82) is 0 Å². The zero-order chi connectivity index (χ0) is 11.2. The molecular formula is C14H26. The van der Waals surface area contributed by atoms with Gasteiger partial charge in [-0.15, -0.1) is 0 Å². The molecule has 0 aromatic heterocycles. The Morgan fingerprint density at radius 2 is 1.86 bits per heavy atom. The summed E-state index contributed by atoms with van der Waals surface area (Å²) in [6.45, 7) is 15.3. The van der Waals surface area contributed by atoms with Crippen molar-refractivity contribution in [3.8, 4) is 0 Å². The largest absolute Gasteiger partial charge is 0.0988 e. The van der Waals surface area contributed by atoms with Crippen LogP contribution in [0.15, 0.2) is 23.8 Å². The van der Waals surface area contributed by atoms with Gasteiger partial charge >= 0.3 is 0 Å². The number of hydrogen-bond acceptors (Lipinski definition) is 0. The number of allylic oxidation sites excluding steroid dienone is 3. The Hall–Kier alpha value is -0.520. The Bertz CT molecular complexity index is 206. The van der Waals surface area contributed by atoms with E-state index in [0.717, 1.165) is 6.42 Å². The highest BCUT2D eigenvalue weighted by atomic mass is 14.2. The van der Waals surface area contributed by atoms with Gasteiger partial charge in [0, 0.05) is 0 Å². The van der Waals surface area contributed by atoms with Gasteiger partial charge in [0.1, 0.15) is 0 Å². The third-order valence-corrected chi connectivity index (χ3v) is 3.35. The second-order valence-electron chi connectivity index (χ2n) is 4.88. The third kappa shape index (κ3) is 4.64. The molecule has 0 unspecified atom stereocenters. The first-order chi connectivity index (χ1) is 6.46. The Labute approximate surface area is 90.1 Å². The molecule has 0 aliphatic heterocycles. The van der Waals surface area contributed by atoms with E-state index in [0.29, 0.717) is 5.41 Å². The van der Waals surface area contributed by atoms with Crippen LogP contribution in [0.3, 0.4) is 0 Å². The molecule has 0 atom stereocenters. The molecule has 82 valence electrons. The Morgan fingerprint density at radius 3 is 2.21 bits per heavy atom. The van der Waals surface area contributed by atoms with Crippen LogP contribution in [-0.4, -0.2) is 0 Å². The molecule has 0 nitrogen and oxygen atoms in total. The van der Waals surface area contributed by atoms with Crippen molar-refractivity contribution in [2.75, 3.05) is 0 Å². The number of hydrogen-bond donors (Lipinski definition) is 0. The van der Waals surface area contributed by atoms with Gasteiger partial charge < -0.3 is 0 Å². The van der Waals surface area contributed by atoms with Gasteiger partial charge in [-0.3, -0.25) is 0 Å². The summed E-state index contributed by atoms with van der Waals surface area (Å²) < 4.78 is 0. The Morgan fingerprint density at radius 1 is 1.29 bits per heavy atom. The van der Waals surface area contributed by atoms with Crippen molar-refractivity contribution < 1.29 is 0 Å². The fourth-order valence-corrected chi connectivity index (χ4v) is 1.37. The summed E-state index contributed by atoms with van der Waals surface area (Å²) in [5, 5.41) is 0. The third-order valence-electron chi connectivity index (χ3n) is 3.35. The van der Waals surface area contributed by atoms with E-state index in [9.17, 15) is 0 Å². The molecule has 0 heterocycles. The van der Waals surface area contributed by atoms with E-state index < -0.39 is 0 Å². The highest BCUT2D eigenvalue weighted by molar-refractivity contribution is 5.22. The van der Waals surface area contributed by atoms with Crippen molar-refractivity contribution in [2.45, 2.75) is 60.3 Å². The molecule has 0 saturated carbocycles. The lowest BCUT2D eigenvalue weighted by Gasteiger charge is -2.23. The van der Waals surface area contributed by atoms with Gasteiger partial charge in [-0.1, -0.05) is 52.3 Å². The molecule has 0 aromatic rings. The van der Waals surface area contributed by atoms with Crippen molar-refractivity contribution >= 4 is 0 Å². The maximum atomic E-state index is 3.90. The lowest BCUT2D eigenvalue weighted by Crippen LogP contribution is -2.09. The predicted octanol–water partition coefficient (Wildman–Crippen LogP) is 5.12. The minimum Gasteiger partial charge on any atom is -0.0988 e. The van der Waals surface area contributed by atoms with Crippen molar-refractivity contribution in [1.82, 2.24) is 0 Å². The summed E-state index contributed by atoms with van der Waals surface area (Å²) in [7, 11) is 0. The molecule has 0 saturated heterocycles. The summed E-state index contributed by atoms with van der Waals surface area (Å²) in [5.74, 6) is 0. The van der Waals surface area contributed by atoms with Gasteiger partial charge in [0.05, 0.1) is 0 Å². The fraction of sp³-hybridized carbons (Fsp3) is 0.714. The van der Waals surface area contributed by atoms with Crippen LogP contribution in [0.2, 0.25) is 0 Å². The van der Waals surface area contributed by atoms with Crippen LogP contribution in [0.5, 0.6) is 0 Å². The van der Waals surface area contributed by atoms with Crippen LogP contribution in [-0.2, 0) is 0 Å². The van der Waals surface area contributed by atoms with Crippen molar-refractivity contribution in [3.63, 3.8) is 0 Å². The van der Waals surface area contributed by atoms with Crippen molar-refractivity contribution in [3.05, 3.63) is 23.8 Å². The van der Waals surface area contributed by atoms with Crippen LogP contribution in [0.4, 0.5) is 0 Å². The maximum Gasteiger partial charge on any atom is -0.0275 e. The van der Waals surface area contributed by atoms with E-state index in [-0.39, 0.29) is 0 Å². The van der Waals surface area contributed by atoms with Crippen LogP contribution >= 0.6 is 0 Å². The fourth-order valence-electron chi connectivity index (χ4n) is 1.37. The standard InChI is InChI=1S/C14H26/c1-7-12(4)13(8-2)10-11-14(5,6)9-3/h8H,2,7,9-11H2,1,3-6H3/b13-12+. The second-order valence-corrected chi connectivity index (χ2v) is 4.88. The highest BCUT2D eigenvalue weighted by Gasteiger charge is 2.14. The maximum absolute atomic E-state index is 3.90. The monoisotopic (exact) mass is 194 g/mol. The minimum atomic E-state index is 0.474. The van der Waals surface area contributed by atoms with E-state index >= 15 is 0 Å². The van der Waals surface area contributed by atoms with Crippen molar-refractivity contribution in [2.24, 2.45) is 5.41 Å². The Kier molecular flexibility index (Phi) is 5.83. The topological polar surface area (TPSA) is 0 Å². The molecule has 0 bridgehead atoms. The van der Waals surface area contributed by atoms with E-state index in [4.69, 9.17) is 0 Å². The van der Waals surface area contributed by atoms with E-state index in [2.05, 4.69) is 41.2 Å². The van der Waals surface area contributed by atoms with Gasteiger partial charge in [0.15, 0.2) is 0 Å². The van der Waals surface area contributed by atoms with Gasteiger partial charge in [0.2, 0.25) is 0 Å². The smallest absolute Gasteiger partial charge is 0.0275 e. The molecule has 0 fully saturated rings. The quantitative estimate of drug-likeness (QED) is 0.515. The highest BCUT2D eigenvalue weighted by Crippen LogP contribution is 2.29. The van der Waals surface area contributed by atoms with Gasteiger partial charge in [-0.2, -0.15) is 0 Å². The molecule has 14 heavy (non-hydrogen) atoms. The lowest BCUT2D eigenvalue weighted by molar-refractivity contribution is 0.323. The SMILES string of the molecule is C=C/C(CCC(C)(C)CC)=C(/C)CC. The Balaban J connectivity index is 4.30. The van der Waals surface area contributed by atoms with Crippen LogP contribution in [0.1, 0.15) is 60.3 Å². The van der Waals surface area contributed by atoms with Crippen LogP contribution < -0.4 is 0 Å². The first-order valence-corrected chi connectivity index (χ1v) is 5.78. The summed E-state index contributed by atoms with van der Waals surface area (Å²) >= 11 is 0. The second kappa shape index (κ2) is 6.06. The van der Waals surface area contributed by atoms with E-state index in [1.165, 1.54) is 30.4 Å². The molecule has 0 radical (unpaired) electrons. The molecular weight excluding hydrogens is 168 g/mol. The lowest BCUT2D eigenvalue weighted by atomic mass is 9.83. The molecule has 0 heteroatoms. The average molecular weight is 194 g/mol. The van der Waals surface area contributed by atoms with E-state index in [1.54, 1.807) is 0 Å². The molecule has 0 amide bonds. The summed E-state index contributed by atoms with van der Waals surface area (Å²) in [4.78, 5) is 0. The average Bonchev–Trinajstić information content (AvgIpc) is 2.18. The summed E-state index contributed by atoms with van der Waals surface area (Å²) in [5.41, 5.74) is 3.42. The first-order valence-electron chi connectivity index (χ1n) is 5.78. The van der Waals surface area contributed by atoms with E-state index in [1.807, 2.05) is 6.08 Å². The van der Waals surface area contributed by atoms with Crippen LogP contribution in [0.25, 0.3) is 0 Å². The first kappa shape index (κ1) is 13.5. The van der Waals surface area contributed by atoms with Gasteiger partial charge in [0.25, 0.3) is 0 Å². The molecule has 0 rings (SSSR count). The molecule has 0 aliphatic rings. The molecule has 0 aromatic carbocycles. The molecule has 0 aliphatic carbocycles. The minimum absolute atomic E-state index is 0.474. The zero-order valence-corrected chi connectivity index (χ0v) is 10.6. The summed E-state index contributed by atoms with van der Waals surface area (Å²) in [6.07, 6.45) is 6.88. The summed E-state index contributed by atoms with van der Waals surface area (Å²) in [6, 6.07) is 0. The number of rotatable bonds is 6. The van der Waals surface area contributed by atoms with Crippen LogP contribution in [0, 0.1) is 5.41 Å². The van der Waals surface area contributed by atoms with Gasteiger partial charge in [-0.05, 0) is 37.2 Å².